The Labute approximate surface area is 218 Å². The van der Waals surface area contributed by atoms with Crippen LogP contribution in [-0.2, 0) is 9.59 Å². The van der Waals surface area contributed by atoms with Crippen LogP contribution in [0.5, 0.6) is 5.75 Å². The van der Waals surface area contributed by atoms with Gasteiger partial charge in [0.1, 0.15) is 11.6 Å². The van der Waals surface area contributed by atoms with Crippen molar-refractivity contribution < 1.29 is 23.8 Å². The molecule has 0 aliphatic carbocycles. The highest BCUT2D eigenvalue weighted by atomic mass is 19.1. The summed E-state index contributed by atoms with van der Waals surface area (Å²) in [5.41, 5.74) is 3.40. The van der Waals surface area contributed by atoms with E-state index in [4.69, 9.17) is 9.84 Å². The lowest BCUT2D eigenvalue weighted by Gasteiger charge is -2.19. The first-order chi connectivity index (χ1) is 17.9. The van der Waals surface area contributed by atoms with E-state index in [0.29, 0.717) is 18.2 Å². The fourth-order valence-corrected chi connectivity index (χ4v) is 4.61. The van der Waals surface area contributed by atoms with E-state index in [1.54, 1.807) is 6.08 Å². The SMILES string of the molecule is CCCC(CCC)n1ccc2cc(/C(=C/C(=O)Nc3ccc(F)cc3OCCCC(=O)O)CC)ccc21. The minimum atomic E-state index is -0.926. The second-order valence-corrected chi connectivity index (χ2v) is 9.23. The highest BCUT2D eigenvalue weighted by Crippen LogP contribution is 2.30. The van der Waals surface area contributed by atoms with Crippen molar-refractivity contribution in [1.82, 2.24) is 4.57 Å². The average Bonchev–Trinajstić information content (AvgIpc) is 3.29. The molecule has 2 aromatic carbocycles. The second-order valence-electron chi connectivity index (χ2n) is 9.23. The second kappa shape index (κ2) is 13.6. The van der Waals surface area contributed by atoms with E-state index < -0.39 is 11.8 Å². The summed E-state index contributed by atoms with van der Waals surface area (Å²) in [4.78, 5) is 23.6. The van der Waals surface area contributed by atoms with Crippen LogP contribution in [0.25, 0.3) is 16.5 Å². The number of anilines is 1. The lowest BCUT2D eigenvalue weighted by molar-refractivity contribution is -0.137. The van der Waals surface area contributed by atoms with Crippen molar-refractivity contribution >= 4 is 34.0 Å². The highest BCUT2D eigenvalue weighted by molar-refractivity contribution is 6.05. The van der Waals surface area contributed by atoms with Gasteiger partial charge in [-0.3, -0.25) is 9.59 Å². The van der Waals surface area contributed by atoms with Crippen molar-refractivity contribution in [2.75, 3.05) is 11.9 Å². The Morgan fingerprint density at radius 3 is 2.51 bits per heavy atom. The van der Waals surface area contributed by atoms with Gasteiger partial charge in [-0.25, -0.2) is 4.39 Å². The van der Waals surface area contributed by atoms with Gasteiger partial charge < -0.3 is 19.7 Å². The Hall–Kier alpha value is -3.61. The Morgan fingerprint density at radius 2 is 1.84 bits per heavy atom. The van der Waals surface area contributed by atoms with Gasteiger partial charge in [-0.2, -0.15) is 0 Å². The van der Waals surface area contributed by atoms with Crippen LogP contribution in [0.4, 0.5) is 10.1 Å². The number of halogens is 1. The molecule has 0 aliphatic heterocycles. The Balaban J connectivity index is 1.78. The predicted octanol–water partition coefficient (Wildman–Crippen LogP) is 7.60. The number of carbonyl (C=O) groups excluding carboxylic acids is 1. The monoisotopic (exact) mass is 508 g/mol. The minimum Gasteiger partial charge on any atom is -0.491 e. The smallest absolute Gasteiger partial charge is 0.303 e. The summed E-state index contributed by atoms with van der Waals surface area (Å²) in [6.45, 7) is 6.54. The molecule has 6 nitrogen and oxygen atoms in total. The van der Waals surface area contributed by atoms with Crippen molar-refractivity contribution in [3.05, 3.63) is 66.1 Å². The van der Waals surface area contributed by atoms with Gasteiger partial charge in [0, 0.05) is 41.7 Å². The number of allylic oxidation sites excluding steroid dienone is 1. The van der Waals surface area contributed by atoms with Gasteiger partial charge >= 0.3 is 5.97 Å². The average molecular weight is 509 g/mol. The number of nitrogens with zero attached hydrogens (tertiary/aromatic N) is 1. The zero-order valence-corrected chi connectivity index (χ0v) is 21.9. The first kappa shape index (κ1) is 28.0. The highest BCUT2D eigenvalue weighted by Gasteiger charge is 2.14. The predicted molar refractivity (Wildman–Crippen MR) is 146 cm³/mol. The maximum Gasteiger partial charge on any atom is 0.303 e. The lowest BCUT2D eigenvalue weighted by atomic mass is 10.0. The number of carboxylic acid groups (broad SMARTS) is 1. The molecule has 7 heteroatoms. The number of fused-ring (bicyclic) bond motifs is 1. The van der Waals surface area contributed by atoms with Crippen molar-refractivity contribution in [2.45, 2.75) is 71.8 Å². The zero-order valence-electron chi connectivity index (χ0n) is 21.9. The van der Waals surface area contributed by atoms with E-state index in [9.17, 15) is 14.0 Å². The number of hydrogen-bond donors (Lipinski definition) is 2. The normalized spacial score (nSPS) is 11.8. The number of amides is 1. The third-order valence-electron chi connectivity index (χ3n) is 6.41. The summed E-state index contributed by atoms with van der Waals surface area (Å²) in [6, 6.07) is 12.8. The van der Waals surface area contributed by atoms with Crippen LogP contribution in [0.1, 0.15) is 77.3 Å². The van der Waals surface area contributed by atoms with Crippen LogP contribution < -0.4 is 10.1 Å². The number of aromatic nitrogens is 1. The molecule has 1 aromatic heterocycles. The minimum absolute atomic E-state index is 0.0504. The van der Waals surface area contributed by atoms with E-state index in [1.807, 2.05) is 6.92 Å². The molecule has 1 heterocycles. The maximum atomic E-state index is 13.8. The molecule has 0 saturated carbocycles. The lowest BCUT2D eigenvalue weighted by Crippen LogP contribution is -2.11. The number of nitrogens with one attached hydrogen (secondary N) is 1. The van der Waals surface area contributed by atoms with Gasteiger partial charge in [0.15, 0.2) is 0 Å². The summed E-state index contributed by atoms with van der Waals surface area (Å²) < 4.78 is 21.7. The molecule has 3 rings (SSSR count). The third kappa shape index (κ3) is 7.68. The summed E-state index contributed by atoms with van der Waals surface area (Å²) in [5.74, 6) is -1.61. The van der Waals surface area contributed by atoms with Crippen LogP contribution in [0, 0.1) is 5.82 Å². The molecule has 198 valence electrons. The van der Waals surface area contributed by atoms with Crippen molar-refractivity contribution in [3.63, 3.8) is 0 Å². The van der Waals surface area contributed by atoms with Crippen LogP contribution in [0.2, 0.25) is 0 Å². The molecule has 0 unspecified atom stereocenters. The molecule has 0 spiro atoms. The third-order valence-corrected chi connectivity index (χ3v) is 6.41. The van der Waals surface area contributed by atoms with Gasteiger partial charge in [0.25, 0.3) is 0 Å². The fraction of sp³-hybridized carbons (Fsp3) is 0.400. The molecule has 0 radical (unpaired) electrons. The number of carbonyl (C=O) groups is 2. The molecular weight excluding hydrogens is 471 g/mol. The summed E-state index contributed by atoms with van der Waals surface area (Å²) >= 11 is 0. The van der Waals surface area contributed by atoms with Gasteiger partial charge in [-0.05, 0) is 67.2 Å². The van der Waals surface area contributed by atoms with E-state index in [1.165, 1.54) is 23.7 Å². The van der Waals surface area contributed by atoms with Gasteiger partial charge in [-0.15, -0.1) is 0 Å². The molecular formula is C30H37FN2O4. The standard InChI is InChI=1S/C30H37FN2O4/c1-4-8-25(9-5-2)33-16-15-23-18-22(11-14-27(23)33)21(6-3)19-29(34)32-26-13-12-24(31)20-28(26)37-17-7-10-30(35)36/h11-16,18-20,25H,4-10,17H2,1-3H3,(H,32,34)(H,35,36)/b21-19+. The Morgan fingerprint density at radius 1 is 1.08 bits per heavy atom. The molecule has 0 aliphatic rings. The molecule has 1 amide bonds. The molecule has 37 heavy (non-hydrogen) atoms. The van der Waals surface area contributed by atoms with E-state index >= 15 is 0 Å². The molecule has 0 atom stereocenters. The fourth-order valence-electron chi connectivity index (χ4n) is 4.61. The number of aliphatic carboxylic acids is 1. The maximum absolute atomic E-state index is 13.8. The molecule has 3 aromatic rings. The Kier molecular flexibility index (Phi) is 10.3. The van der Waals surface area contributed by atoms with Crippen LogP contribution in [0.15, 0.2) is 54.7 Å². The molecule has 2 N–H and O–H groups in total. The van der Waals surface area contributed by atoms with Gasteiger partial charge in [0.2, 0.25) is 5.91 Å². The number of hydrogen-bond acceptors (Lipinski definition) is 3. The summed E-state index contributed by atoms with van der Waals surface area (Å²) in [5, 5.41) is 12.7. The molecule has 0 bridgehead atoms. The zero-order chi connectivity index (χ0) is 26.8. The van der Waals surface area contributed by atoms with Crippen LogP contribution in [0.3, 0.4) is 0 Å². The van der Waals surface area contributed by atoms with Crippen molar-refractivity contribution in [3.8, 4) is 5.75 Å². The summed E-state index contributed by atoms with van der Waals surface area (Å²) in [6.07, 6.45) is 9.20. The quantitative estimate of drug-likeness (QED) is 0.174. The van der Waals surface area contributed by atoms with E-state index in [2.05, 4.69) is 54.2 Å². The van der Waals surface area contributed by atoms with E-state index in [-0.39, 0.29) is 31.1 Å². The first-order valence-corrected chi connectivity index (χ1v) is 13.1. The number of benzene rings is 2. The first-order valence-electron chi connectivity index (χ1n) is 13.1. The van der Waals surface area contributed by atoms with Crippen molar-refractivity contribution in [2.24, 2.45) is 0 Å². The van der Waals surface area contributed by atoms with Crippen LogP contribution in [-0.4, -0.2) is 28.2 Å². The molecule has 0 fully saturated rings. The summed E-state index contributed by atoms with van der Waals surface area (Å²) in [7, 11) is 0. The van der Waals surface area contributed by atoms with E-state index in [0.717, 1.165) is 42.2 Å². The Bertz CT molecular complexity index is 1240. The van der Waals surface area contributed by atoms with Crippen molar-refractivity contribution in [1.29, 1.82) is 0 Å². The molecule has 0 saturated heterocycles. The number of rotatable bonds is 14. The topological polar surface area (TPSA) is 80.6 Å². The van der Waals surface area contributed by atoms with Crippen LogP contribution >= 0.6 is 0 Å². The van der Waals surface area contributed by atoms with Gasteiger partial charge in [0.05, 0.1) is 12.3 Å². The van der Waals surface area contributed by atoms with Gasteiger partial charge in [-0.1, -0.05) is 39.7 Å². The largest absolute Gasteiger partial charge is 0.491 e. The number of ether oxygens (including phenoxy) is 1. The number of carboxylic acids is 1.